The molecule has 2 aromatic carbocycles. The van der Waals surface area contributed by atoms with E-state index in [2.05, 4.69) is 56.0 Å². The predicted molar refractivity (Wildman–Crippen MR) is 139 cm³/mol. The van der Waals surface area contributed by atoms with Crippen molar-refractivity contribution in [3.63, 3.8) is 0 Å². The molecule has 4 atom stereocenters. The fraction of sp³-hybridized carbons (Fsp3) is 0.517. The van der Waals surface area contributed by atoms with Gasteiger partial charge in [-0.1, -0.05) is 36.4 Å². The summed E-state index contributed by atoms with van der Waals surface area (Å²) in [6.45, 7) is 4.67. The molecule has 36 heavy (non-hydrogen) atoms. The second-order valence-electron chi connectivity index (χ2n) is 11.1. The number of fused-ring (bicyclic) bond motifs is 3. The van der Waals surface area contributed by atoms with Gasteiger partial charge in [-0.15, -0.1) is 0 Å². The first kappa shape index (κ1) is 23.6. The van der Waals surface area contributed by atoms with Gasteiger partial charge >= 0.3 is 0 Å². The number of benzene rings is 2. The van der Waals surface area contributed by atoms with E-state index in [1.54, 1.807) is 6.07 Å². The molecule has 1 aromatic heterocycles. The summed E-state index contributed by atoms with van der Waals surface area (Å²) >= 11 is 0. The number of rotatable bonds is 7. The largest absolute Gasteiger partial charge is 0.349 e. The first-order valence-corrected chi connectivity index (χ1v) is 13.4. The van der Waals surface area contributed by atoms with E-state index < -0.39 is 0 Å². The number of likely N-dealkylation sites (tertiary alicyclic amines) is 1. The van der Waals surface area contributed by atoms with Gasteiger partial charge in [0.25, 0.3) is 0 Å². The zero-order chi connectivity index (χ0) is 24.8. The molecule has 3 aromatic rings. The van der Waals surface area contributed by atoms with Crippen molar-refractivity contribution in [2.45, 2.75) is 63.2 Å². The molecular weight excluding hydrogens is 453 g/mol. The Morgan fingerprint density at radius 1 is 1.06 bits per heavy atom. The van der Waals surface area contributed by atoms with Gasteiger partial charge in [0.1, 0.15) is 11.3 Å². The number of hydrogen-bond acceptors (Lipinski definition) is 4. The smallest absolute Gasteiger partial charge is 0.226 e. The monoisotopic (exact) mass is 489 g/mol. The third-order valence-electron chi connectivity index (χ3n) is 8.70. The zero-order valence-corrected chi connectivity index (χ0v) is 21.2. The molecule has 3 aliphatic rings. The van der Waals surface area contributed by atoms with E-state index in [4.69, 9.17) is 0 Å². The Morgan fingerprint density at radius 3 is 2.47 bits per heavy atom. The Balaban J connectivity index is 1.15. The number of aryl methyl sites for hydroxylation is 1. The SMILES string of the molecule is Cc1nc2c(F)cccc2n1C1C[C@H]2CC[C@@H](C1)N2CC[C@H](NC(=O)C1CN(C)C1)c1ccccc1. The van der Waals surface area contributed by atoms with E-state index >= 15 is 0 Å². The van der Waals surface area contributed by atoms with Crippen LogP contribution >= 0.6 is 0 Å². The first-order valence-electron chi connectivity index (χ1n) is 13.4. The summed E-state index contributed by atoms with van der Waals surface area (Å²) in [6.07, 6.45) is 5.45. The number of piperidine rings is 1. The van der Waals surface area contributed by atoms with Gasteiger partial charge in [0.15, 0.2) is 5.82 Å². The van der Waals surface area contributed by atoms with Crippen molar-refractivity contribution in [1.82, 2.24) is 24.7 Å². The van der Waals surface area contributed by atoms with Gasteiger partial charge in [-0.2, -0.15) is 0 Å². The standard InChI is InChI=1S/C29H36FN5O/c1-19-31-28-25(30)9-6-10-27(28)35(19)24-15-22-11-12-23(16-24)34(22)14-13-26(20-7-4-3-5-8-20)32-29(36)21-17-33(2)18-21/h3-10,21-24,26H,11-18H2,1-2H3,(H,32,36)/t22-,23+,24?,26-/m0/s1. The highest BCUT2D eigenvalue weighted by Crippen LogP contribution is 2.43. The topological polar surface area (TPSA) is 53.4 Å². The molecule has 2 bridgehead atoms. The van der Waals surface area contributed by atoms with Crippen molar-refractivity contribution in [1.29, 1.82) is 0 Å². The molecule has 0 spiro atoms. The molecule has 3 fully saturated rings. The molecular formula is C29H36FN5O. The summed E-state index contributed by atoms with van der Waals surface area (Å²) < 4.78 is 16.6. The number of nitrogens with one attached hydrogen (secondary N) is 1. The van der Waals surface area contributed by atoms with E-state index in [0.717, 1.165) is 50.2 Å². The molecule has 3 saturated heterocycles. The lowest BCUT2D eigenvalue weighted by atomic mass is 9.94. The minimum atomic E-state index is -0.239. The van der Waals surface area contributed by atoms with Crippen molar-refractivity contribution in [3.05, 3.63) is 65.7 Å². The van der Waals surface area contributed by atoms with Crippen LogP contribution in [0.25, 0.3) is 11.0 Å². The summed E-state index contributed by atoms with van der Waals surface area (Å²) in [5.74, 6) is 0.947. The average Bonchev–Trinajstić information content (AvgIpc) is 3.32. The van der Waals surface area contributed by atoms with Crippen molar-refractivity contribution in [3.8, 4) is 0 Å². The number of aromatic nitrogens is 2. The van der Waals surface area contributed by atoms with Crippen LogP contribution in [0.2, 0.25) is 0 Å². The highest BCUT2D eigenvalue weighted by atomic mass is 19.1. The second kappa shape index (κ2) is 9.60. The number of halogens is 1. The molecule has 190 valence electrons. The molecule has 0 radical (unpaired) electrons. The Kier molecular flexibility index (Phi) is 6.30. The molecule has 0 saturated carbocycles. The molecule has 6 rings (SSSR count). The maximum Gasteiger partial charge on any atom is 0.226 e. The fourth-order valence-corrected chi connectivity index (χ4v) is 6.92. The molecule has 6 nitrogen and oxygen atoms in total. The van der Waals surface area contributed by atoms with Gasteiger partial charge in [0, 0.05) is 37.8 Å². The van der Waals surface area contributed by atoms with E-state index in [0.29, 0.717) is 23.6 Å². The average molecular weight is 490 g/mol. The van der Waals surface area contributed by atoms with Crippen molar-refractivity contribution in [2.24, 2.45) is 5.92 Å². The molecule has 1 N–H and O–H groups in total. The molecule has 7 heteroatoms. The van der Waals surface area contributed by atoms with Crippen LogP contribution in [-0.4, -0.2) is 64.0 Å². The number of carbonyl (C=O) groups excluding carboxylic acids is 1. The number of nitrogens with zero attached hydrogens (tertiary/aromatic N) is 4. The van der Waals surface area contributed by atoms with Crippen molar-refractivity contribution >= 4 is 16.9 Å². The summed E-state index contributed by atoms with van der Waals surface area (Å²) in [5, 5.41) is 3.37. The van der Waals surface area contributed by atoms with E-state index in [9.17, 15) is 9.18 Å². The normalized spacial score (nSPS) is 25.7. The van der Waals surface area contributed by atoms with Crippen LogP contribution in [0.1, 0.15) is 55.6 Å². The Morgan fingerprint density at radius 2 is 1.78 bits per heavy atom. The molecule has 4 heterocycles. The van der Waals surface area contributed by atoms with Crippen molar-refractivity contribution < 1.29 is 9.18 Å². The minimum Gasteiger partial charge on any atom is -0.349 e. The van der Waals surface area contributed by atoms with Crippen LogP contribution in [0, 0.1) is 18.7 Å². The Hall–Kier alpha value is -2.77. The van der Waals surface area contributed by atoms with Crippen LogP contribution in [0.4, 0.5) is 4.39 Å². The van der Waals surface area contributed by atoms with Crippen LogP contribution in [-0.2, 0) is 4.79 Å². The number of carbonyl (C=O) groups is 1. The van der Waals surface area contributed by atoms with Crippen LogP contribution in [0.3, 0.4) is 0 Å². The van der Waals surface area contributed by atoms with Gasteiger partial charge in [-0.3, -0.25) is 9.69 Å². The van der Waals surface area contributed by atoms with Crippen LogP contribution in [0.5, 0.6) is 0 Å². The summed E-state index contributed by atoms with van der Waals surface area (Å²) in [5.41, 5.74) is 2.59. The van der Waals surface area contributed by atoms with Gasteiger partial charge in [0.05, 0.1) is 17.5 Å². The van der Waals surface area contributed by atoms with Gasteiger partial charge < -0.3 is 14.8 Å². The number of hydrogen-bond donors (Lipinski definition) is 1. The van der Waals surface area contributed by atoms with E-state index in [1.807, 2.05) is 19.1 Å². The minimum absolute atomic E-state index is 0.0320. The van der Waals surface area contributed by atoms with Gasteiger partial charge in [0.2, 0.25) is 5.91 Å². The fourth-order valence-electron chi connectivity index (χ4n) is 6.92. The van der Waals surface area contributed by atoms with Gasteiger partial charge in [-0.05, 0) is 63.8 Å². The quantitative estimate of drug-likeness (QED) is 0.533. The third kappa shape index (κ3) is 4.33. The summed E-state index contributed by atoms with van der Waals surface area (Å²) in [4.78, 5) is 22.3. The summed E-state index contributed by atoms with van der Waals surface area (Å²) in [6, 6.07) is 17.1. The van der Waals surface area contributed by atoms with Crippen LogP contribution < -0.4 is 5.32 Å². The molecule has 0 aliphatic carbocycles. The predicted octanol–water partition coefficient (Wildman–Crippen LogP) is 4.46. The highest BCUT2D eigenvalue weighted by molar-refractivity contribution is 5.80. The number of amides is 1. The maximum absolute atomic E-state index is 14.4. The number of para-hydroxylation sites is 1. The first-order chi connectivity index (χ1) is 17.5. The molecule has 3 aliphatic heterocycles. The Bertz CT molecular complexity index is 1220. The lowest BCUT2D eigenvalue weighted by Gasteiger charge is -2.41. The number of imidazole rings is 1. The van der Waals surface area contributed by atoms with E-state index in [1.165, 1.54) is 24.5 Å². The van der Waals surface area contributed by atoms with Crippen LogP contribution in [0.15, 0.2) is 48.5 Å². The lowest BCUT2D eigenvalue weighted by molar-refractivity contribution is -0.130. The van der Waals surface area contributed by atoms with Gasteiger partial charge in [-0.25, -0.2) is 9.37 Å². The highest BCUT2D eigenvalue weighted by Gasteiger charge is 2.42. The van der Waals surface area contributed by atoms with E-state index in [-0.39, 0.29) is 23.7 Å². The molecule has 1 amide bonds. The second-order valence-corrected chi connectivity index (χ2v) is 11.1. The van der Waals surface area contributed by atoms with Crippen molar-refractivity contribution in [2.75, 3.05) is 26.7 Å². The summed E-state index contributed by atoms with van der Waals surface area (Å²) in [7, 11) is 2.06. The zero-order valence-electron chi connectivity index (χ0n) is 21.2. The Labute approximate surface area is 212 Å². The molecule has 1 unspecified atom stereocenters. The lowest BCUT2D eigenvalue weighted by Crippen LogP contribution is -2.52. The maximum atomic E-state index is 14.4. The third-order valence-corrected chi connectivity index (χ3v) is 8.70.